The molecule has 1 aromatic carbocycles. The molecule has 0 radical (unpaired) electrons. The van der Waals surface area contributed by atoms with E-state index in [0.29, 0.717) is 36.1 Å². The number of rotatable bonds is 3. The lowest BCUT2D eigenvalue weighted by molar-refractivity contribution is -0.124. The molecule has 1 heterocycles. The summed E-state index contributed by atoms with van der Waals surface area (Å²) in [5.74, 6) is 0.910. The molecule has 0 saturated carbocycles. The van der Waals surface area contributed by atoms with Gasteiger partial charge in [-0.05, 0) is 6.92 Å². The van der Waals surface area contributed by atoms with E-state index in [1.165, 1.54) is 7.11 Å². The van der Waals surface area contributed by atoms with E-state index in [0.717, 1.165) is 0 Å². The van der Waals surface area contributed by atoms with E-state index in [2.05, 4.69) is 5.32 Å². The summed E-state index contributed by atoms with van der Waals surface area (Å²) in [6.07, 6.45) is -0.544. The van der Waals surface area contributed by atoms with E-state index in [4.69, 9.17) is 19.9 Å². The first kappa shape index (κ1) is 12.5. The standard InChI is InChI=1S/C12H16N2O4/c1-7(16-2)12(15)14-9-6-11-10(5-8(9)13)17-3-4-18-11/h5-7H,3-4,13H2,1-2H3,(H,14,15). The van der Waals surface area contributed by atoms with Gasteiger partial charge in [0.25, 0.3) is 5.91 Å². The number of ether oxygens (including phenoxy) is 3. The van der Waals surface area contributed by atoms with E-state index < -0.39 is 6.10 Å². The summed E-state index contributed by atoms with van der Waals surface area (Å²) in [4.78, 5) is 11.7. The molecule has 0 saturated heterocycles. The summed E-state index contributed by atoms with van der Waals surface area (Å²) in [6.45, 7) is 2.64. The zero-order valence-electron chi connectivity index (χ0n) is 10.4. The van der Waals surface area contributed by atoms with Crippen molar-refractivity contribution in [2.75, 3.05) is 31.4 Å². The molecule has 18 heavy (non-hydrogen) atoms. The third-order valence-electron chi connectivity index (χ3n) is 2.69. The van der Waals surface area contributed by atoms with Crippen LogP contribution < -0.4 is 20.5 Å². The van der Waals surface area contributed by atoms with Crippen molar-refractivity contribution < 1.29 is 19.0 Å². The Hall–Kier alpha value is -1.95. The predicted octanol–water partition coefficient (Wildman–Crippen LogP) is 1.01. The third kappa shape index (κ3) is 2.48. The highest BCUT2D eigenvalue weighted by molar-refractivity contribution is 5.97. The number of anilines is 2. The predicted molar refractivity (Wildman–Crippen MR) is 66.9 cm³/mol. The molecular weight excluding hydrogens is 236 g/mol. The summed E-state index contributed by atoms with van der Waals surface area (Å²) in [5, 5.41) is 2.69. The Kier molecular flexibility index (Phi) is 3.57. The number of carbonyl (C=O) groups is 1. The molecule has 1 unspecified atom stereocenters. The first-order valence-corrected chi connectivity index (χ1v) is 5.64. The zero-order valence-corrected chi connectivity index (χ0v) is 10.4. The van der Waals surface area contributed by atoms with E-state index in [9.17, 15) is 4.79 Å². The summed E-state index contributed by atoms with van der Waals surface area (Å²) in [5.41, 5.74) is 6.76. The first-order valence-electron chi connectivity index (χ1n) is 5.64. The number of carbonyl (C=O) groups excluding carboxylic acids is 1. The molecule has 1 atom stereocenters. The average Bonchev–Trinajstić information content (AvgIpc) is 2.38. The van der Waals surface area contributed by atoms with Crippen molar-refractivity contribution in [3.05, 3.63) is 12.1 Å². The molecule has 6 heteroatoms. The fourth-order valence-electron chi connectivity index (χ4n) is 1.55. The number of amides is 1. The van der Waals surface area contributed by atoms with Crippen LogP contribution in [0.4, 0.5) is 11.4 Å². The van der Waals surface area contributed by atoms with Crippen LogP contribution in [-0.4, -0.2) is 32.3 Å². The lowest BCUT2D eigenvalue weighted by Crippen LogP contribution is -2.27. The Labute approximate surface area is 105 Å². The summed E-state index contributed by atoms with van der Waals surface area (Å²) < 4.78 is 15.7. The molecule has 0 spiro atoms. The minimum absolute atomic E-state index is 0.263. The van der Waals surface area contributed by atoms with Gasteiger partial charge >= 0.3 is 0 Å². The summed E-state index contributed by atoms with van der Waals surface area (Å²) in [6, 6.07) is 3.30. The molecule has 0 bridgehead atoms. The fraction of sp³-hybridized carbons (Fsp3) is 0.417. The fourth-order valence-corrected chi connectivity index (χ4v) is 1.55. The van der Waals surface area contributed by atoms with Crippen molar-refractivity contribution in [3.63, 3.8) is 0 Å². The van der Waals surface area contributed by atoms with Crippen molar-refractivity contribution in [1.29, 1.82) is 0 Å². The molecular formula is C12H16N2O4. The van der Waals surface area contributed by atoms with Gasteiger partial charge in [0, 0.05) is 19.2 Å². The Bertz CT molecular complexity index is 462. The number of hydrogen-bond donors (Lipinski definition) is 2. The van der Waals surface area contributed by atoms with Crippen molar-refractivity contribution in [2.24, 2.45) is 0 Å². The van der Waals surface area contributed by atoms with Crippen LogP contribution in [0.3, 0.4) is 0 Å². The largest absolute Gasteiger partial charge is 0.486 e. The molecule has 0 fully saturated rings. The first-order chi connectivity index (χ1) is 8.61. The zero-order chi connectivity index (χ0) is 13.1. The van der Waals surface area contributed by atoms with Crippen molar-refractivity contribution in [1.82, 2.24) is 0 Å². The number of fused-ring (bicyclic) bond motifs is 1. The van der Waals surface area contributed by atoms with Crippen LogP contribution in [0.1, 0.15) is 6.92 Å². The average molecular weight is 252 g/mol. The van der Waals surface area contributed by atoms with E-state index in [1.54, 1.807) is 19.1 Å². The number of benzene rings is 1. The molecule has 1 aromatic rings. The molecule has 1 amide bonds. The second kappa shape index (κ2) is 5.14. The number of nitrogens with two attached hydrogens (primary N) is 1. The number of hydrogen-bond acceptors (Lipinski definition) is 5. The molecule has 3 N–H and O–H groups in total. The maximum atomic E-state index is 11.7. The minimum Gasteiger partial charge on any atom is -0.486 e. The van der Waals surface area contributed by atoms with Gasteiger partial charge in [-0.3, -0.25) is 4.79 Å². The SMILES string of the molecule is COC(C)C(=O)Nc1cc2c(cc1N)OCCO2. The minimum atomic E-state index is -0.544. The molecule has 0 aromatic heterocycles. The van der Waals surface area contributed by atoms with Crippen LogP contribution in [0.2, 0.25) is 0 Å². The van der Waals surface area contributed by atoms with Crippen LogP contribution in [0.15, 0.2) is 12.1 Å². The van der Waals surface area contributed by atoms with Crippen LogP contribution in [0.25, 0.3) is 0 Å². The Morgan fingerprint density at radius 1 is 1.39 bits per heavy atom. The molecule has 6 nitrogen and oxygen atoms in total. The van der Waals surface area contributed by atoms with Crippen LogP contribution in [0.5, 0.6) is 11.5 Å². The smallest absolute Gasteiger partial charge is 0.253 e. The molecule has 0 aliphatic carbocycles. The quantitative estimate of drug-likeness (QED) is 0.784. The normalized spacial score (nSPS) is 15.0. The topological polar surface area (TPSA) is 82.8 Å². The van der Waals surface area contributed by atoms with Crippen LogP contribution in [0, 0.1) is 0 Å². The van der Waals surface area contributed by atoms with Gasteiger partial charge in [0.2, 0.25) is 0 Å². The van der Waals surface area contributed by atoms with Crippen LogP contribution in [-0.2, 0) is 9.53 Å². The summed E-state index contributed by atoms with van der Waals surface area (Å²) in [7, 11) is 1.47. The van der Waals surface area contributed by atoms with Gasteiger partial charge in [0.05, 0.1) is 11.4 Å². The number of methoxy groups -OCH3 is 1. The lowest BCUT2D eigenvalue weighted by Gasteiger charge is -2.20. The molecule has 1 aliphatic heterocycles. The number of nitrogens with one attached hydrogen (secondary N) is 1. The van der Waals surface area contributed by atoms with Gasteiger partial charge in [-0.2, -0.15) is 0 Å². The Morgan fingerprint density at radius 3 is 2.61 bits per heavy atom. The van der Waals surface area contributed by atoms with Crippen molar-refractivity contribution in [2.45, 2.75) is 13.0 Å². The Balaban J connectivity index is 2.20. The Morgan fingerprint density at radius 2 is 2.00 bits per heavy atom. The van der Waals surface area contributed by atoms with Crippen molar-refractivity contribution >= 4 is 17.3 Å². The van der Waals surface area contributed by atoms with Gasteiger partial charge in [0.1, 0.15) is 19.3 Å². The van der Waals surface area contributed by atoms with Gasteiger partial charge in [-0.15, -0.1) is 0 Å². The van der Waals surface area contributed by atoms with Gasteiger partial charge in [0.15, 0.2) is 11.5 Å². The highest BCUT2D eigenvalue weighted by Crippen LogP contribution is 2.36. The van der Waals surface area contributed by atoms with E-state index in [1.807, 2.05) is 0 Å². The molecule has 98 valence electrons. The number of nitrogen functional groups attached to an aromatic ring is 1. The van der Waals surface area contributed by atoms with Gasteiger partial charge in [-0.25, -0.2) is 0 Å². The maximum absolute atomic E-state index is 11.7. The summed E-state index contributed by atoms with van der Waals surface area (Å²) >= 11 is 0. The molecule has 2 rings (SSSR count). The second-order valence-electron chi connectivity index (χ2n) is 3.95. The lowest BCUT2D eigenvalue weighted by atomic mass is 10.2. The maximum Gasteiger partial charge on any atom is 0.253 e. The van der Waals surface area contributed by atoms with E-state index in [-0.39, 0.29) is 5.91 Å². The third-order valence-corrected chi connectivity index (χ3v) is 2.69. The van der Waals surface area contributed by atoms with Gasteiger partial charge < -0.3 is 25.3 Å². The van der Waals surface area contributed by atoms with Crippen LogP contribution >= 0.6 is 0 Å². The highest BCUT2D eigenvalue weighted by Gasteiger charge is 2.18. The second-order valence-corrected chi connectivity index (χ2v) is 3.95. The monoisotopic (exact) mass is 252 g/mol. The van der Waals surface area contributed by atoms with Crippen molar-refractivity contribution in [3.8, 4) is 11.5 Å². The molecule has 1 aliphatic rings. The van der Waals surface area contributed by atoms with E-state index >= 15 is 0 Å². The highest BCUT2D eigenvalue weighted by atomic mass is 16.6. The van der Waals surface area contributed by atoms with Gasteiger partial charge in [-0.1, -0.05) is 0 Å².